The van der Waals surface area contributed by atoms with E-state index in [2.05, 4.69) is 22.1 Å². The molecular weight excluding hydrogens is 266 g/mol. The van der Waals surface area contributed by atoms with Crippen molar-refractivity contribution in [2.45, 2.75) is 13.5 Å². The summed E-state index contributed by atoms with van der Waals surface area (Å²) in [6.07, 6.45) is 3.52. The largest absolute Gasteiger partial charge is 0.384 e. The fraction of sp³-hybridized carbons (Fsp3) is 0.250. The third-order valence-electron chi connectivity index (χ3n) is 2.98. The summed E-state index contributed by atoms with van der Waals surface area (Å²) in [5.41, 5.74) is 2.21. The van der Waals surface area contributed by atoms with Crippen molar-refractivity contribution in [2.75, 3.05) is 6.61 Å². The van der Waals surface area contributed by atoms with E-state index in [1.54, 1.807) is 18.3 Å². The lowest BCUT2D eigenvalue weighted by Crippen LogP contribution is -2.24. The molecule has 0 aliphatic heterocycles. The van der Waals surface area contributed by atoms with E-state index in [4.69, 9.17) is 5.11 Å². The summed E-state index contributed by atoms with van der Waals surface area (Å²) in [6, 6.07) is 5.39. The number of hydrogen-bond acceptors (Lipinski definition) is 3. The van der Waals surface area contributed by atoms with Crippen molar-refractivity contribution in [3.8, 4) is 11.8 Å². The van der Waals surface area contributed by atoms with Gasteiger partial charge in [-0.25, -0.2) is 4.98 Å². The molecule has 0 fully saturated rings. The Bertz CT molecular complexity index is 708. The maximum atomic E-state index is 12.2. The first-order chi connectivity index (χ1) is 10.1. The van der Waals surface area contributed by atoms with Gasteiger partial charge in [0.25, 0.3) is 5.91 Å². The number of aliphatic hydroxyl groups excluding tert-OH is 1. The molecule has 21 heavy (non-hydrogen) atoms. The lowest BCUT2D eigenvalue weighted by Gasteiger charge is -2.07. The molecule has 0 unspecified atom stereocenters. The molecule has 0 bridgehead atoms. The summed E-state index contributed by atoms with van der Waals surface area (Å²) in [5.74, 6) is 6.01. The number of rotatable bonds is 3. The Kier molecular flexibility index (Phi) is 4.75. The van der Waals surface area contributed by atoms with Crippen LogP contribution in [0.15, 0.2) is 30.6 Å². The van der Waals surface area contributed by atoms with Gasteiger partial charge in [-0.15, -0.1) is 0 Å². The van der Waals surface area contributed by atoms with Crippen molar-refractivity contribution >= 4 is 5.91 Å². The predicted molar refractivity (Wildman–Crippen MR) is 79.5 cm³/mol. The Morgan fingerprint density at radius 1 is 1.43 bits per heavy atom. The smallest absolute Gasteiger partial charge is 0.251 e. The first kappa shape index (κ1) is 14.8. The molecule has 0 aliphatic carbocycles. The van der Waals surface area contributed by atoms with Gasteiger partial charge in [-0.05, 0) is 30.7 Å². The monoisotopic (exact) mass is 283 g/mol. The molecule has 2 aromatic rings. The van der Waals surface area contributed by atoms with E-state index in [-0.39, 0.29) is 12.5 Å². The van der Waals surface area contributed by atoms with Gasteiger partial charge in [0.05, 0.1) is 6.54 Å². The highest BCUT2D eigenvalue weighted by Gasteiger charge is 2.08. The van der Waals surface area contributed by atoms with Crippen LogP contribution in [0, 0.1) is 18.8 Å². The van der Waals surface area contributed by atoms with E-state index in [1.807, 2.05) is 30.8 Å². The SMILES string of the molecule is Cc1cc(C#CCO)cc(C(=O)NCc2nccn2C)c1. The topological polar surface area (TPSA) is 67.2 Å². The lowest BCUT2D eigenvalue weighted by molar-refractivity contribution is 0.0949. The third kappa shape index (κ3) is 3.94. The summed E-state index contributed by atoms with van der Waals surface area (Å²) in [7, 11) is 1.88. The number of carbonyl (C=O) groups excluding carboxylic acids is 1. The highest BCUT2D eigenvalue weighted by atomic mass is 16.2. The number of aromatic nitrogens is 2. The van der Waals surface area contributed by atoms with Crippen LogP contribution in [0.5, 0.6) is 0 Å². The van der Waals surface area contributed by atoms with E-state index >= 15 is 0 Å². The number of nitrogens with zero attached hydrogens (tertiary/aromatic N) is 2. The molecule has 1 aromatic heterocycles. The average molecular weight is 283 g/mol. The standard InChI is InChI=1S/C16H17N3O2/c1-12-8-13(4-3-7-20)10-14(9-12)16(21)18-11-15-17-5-6-19(15)2/h5-6,8-10,20H,7,11H2,1-2H3,(H,18,21). The van der Waals surface area contributed by atoms with Crippen LogP contribution in [-0.2, 0) is 13.6 Å². The second-order valence-corrected chi connectivity index (χ2v) is 4.68. The van der Waals surface area contributed by atoms with E-state index in [9.17, 15) is 4.79 Å². The van der Waals surface area contributed by atoms with Crippen molar-refractivity contribution in [3.05, 3.63) is 53.1 Å². The molecule has 0 aliphatic rings. The number of benzene rings is 1. The summed E-state index contributed by atoms with van der Waals surface area (Å²) in [4.78, 5) is 16.3. The minimum atomic E-state index is -0.200. The fourth-order valence-electron chi connectivity index (χ4n) is 1.96. The zero-order valence-corrected chi connectivity index (χ0v) is 12.1. The summed E-state index contributed by atoms with van der Waals surface area (Å²) < 4.78 is 1.86. The second-order valence-electron chi connectivity index (χ2n) is 4.68. The molecule has 1 heterocycles. The summed E-state index contributed by atoms with van der Waals surface area (Å²) in [5, 5.41) is 11.6. The molecule has 0 atom stereocenters. The Morgan fingerprint density at radius 2 is 2.24 bits per heavy atom. The number of amides is 1. The van der Waals surface area contributed by atoms with E-state index in [1.165, 1.54) is 0 Å². The number of nitrogens with one attached hydrogen (secondary N) is 1. The van der Waals surface area contributed by atoms with Crippen LogP contribution in [0.1, 0.15) is 27.3 Å². The van der Waals surface area contributed by atoms with Crippen LogP contribution in [-0.4, -0.2) is 27.2 Å². The molecule has 108 valence electrons. The van der Waals surface area contributed by atoms with Gasteiger partial charge in [-0.1, -0.05) is 11.8 Å². The van der Waals surface area contributed by atoms with Crippen LogP contribution in [0.3, 0.4) is 0 Å². The van der Waals surface area contributed by atoms with Gasteiger partial charge in [0.15, 0.2) is 0 Å². The highest BCUT2D eigenvalue weighted by molar-refractivity contribution is 5.94. The number of imidazole rings is 1. The van der Waals surface area contributed by atoms with Gasteiger partial charge in [0.2, 0.25) is 0 Å². The normalized spacial score (nSPS) is 9.86. The molecule has 0 saturated carbocycles. The number of aryl methyl sites for hydroxylation is 2. The zero-order valence-electron chi connectivity index (χ0n) is 12.1. The van der Waals surface area contributed by atoms with E-state index in [0.717, 1.165) is 11.4 Å². The predicted octanol–water partition coefficient (Wildman–Crippen LogP) is 1.00. The zero-order chi connectivity index (χ0) is 15.2. The number of hydrogen-bond donors (Lipinski definition) is 2. The van der Waals surface area contributed by atoms with Gasteiger partial charge in [-0.3, -0.25) is 4.79 Å². The molecule has 0 saturated heterocycles. The Morgan fingerprint density at radius 3 is 2.90 bits per heavy atom. The van der Waals surface area contributed by atoms with Crippen molar-refractivity contribution in [1.29, 1.82) is 0 Å². The Balaban J connectivity index is 2.11. The van der Waals surface area contributed by atoms with Crippen LogP contribution >= 0.6 is 0 Å². The molecule has 0 radical (unpaired) electrons. The van der Waals surface area contributed by atoms with Crippen molar-refractivity contribution in [3.63, 3.8) is 0 Å². The summed E-state index contributed by atoms with van der Waals surface area (Å²) in [6.45, 7) is 2.07. The quantitative estimate of drug-likeness (QED) is 0.826. The minimum Gasteiger partial charge on any atom is -0.384 e. The first-order valence-corrected chi connectivity index (χ1v) is 6.56. The molecular formula is C16H17N3O2. The lowest BCUT2D eigenvalue weighted by atomic mass is 10.1. The fourth-order valence-corrected chi connectivity index (χ4v) is 1.96. The maximum absolute atomic E-state index is 12.2. The molecule has 0 spiro atoms. The molecule has 2 rings (SSSR count). The van der Waals surface area contributed by atoms with Gasteiger partial charge >= 0.3 is 0 Å². The minimum absolute atomic E-state index is 0.172. The Labute approximate surface area is 123 Å². The molecule has 1 amide bonds. The van der Waals surface area contributed by atoms with Gasteiger partial charge in [0.1, 0.15) is 12.4 Å². The maximum Gasteiger partial charge on any atom is 0.251 e. The molecule has 1 aromatic carbocycles. The average Bonchev–Trinajstić information content (AvgIpc) is 2.87. The van der Waals surface area contributed by atoms with Gasteiger partial charge in [-0.2, -0.15) is 0 Å². The van der Waals surface area contributed by atoms with Crippen LogP contribution in [0.4, 0.5) is 0 Å². The molecule has 2 N–H and O–H groups in total. The summed E-state index contributed by atoms with van der Waals surface area (Å²) >= 11 is 0. The van der Waals surface area contributed by atoms with Crippen molar-refractivity contribution < 1.29 is 9.90 Å². The molecule has 5 heteroatoms. The third-order valence-corrected chi connectivity index (χ3v) is 2.98. The van der Waals surface area contributed by atoms with Crippen molar-refractivity contribution in [1.82, 2.24) is 14.9 Å². The molecule has 5 nitrogen and oxygen atoms in total. The van der Waals surface area contributed by atoms with Gasteiger partial charge in [0, 0.05) is 30.6 Å². The number of carbonyl (C=O) groups is 1. The van der Waals surface area contributed by atoms with E-state index in [0.29, 0.717) is 17.7 Å². The van der Waals surface area contributed by atoms with Crippen LogP contribution in [0.2, 0.25) is 0 Å². The number of aliphatic hydroxyl groups is 1. The highest BCUT2D eigenvalue weighted by Crippen LogP contribution is 2.09. The van der Waals surface area contributed by atoms with Gasteiger partial charge < -0.3 is 15.0 Å². The Hall–Kier alpha value is -2.58. The first-order valence-electron chi connectivity index (χ1n) is 6.56. The van der Waals surface area contributed by atoms with Crippen molar-refractivity contribution in [2.24, 2.45) is 7.05 Å². The van der Waals surface area contributed by atoms with Crippen LogP contribution in [0.25, 0.3) is 0 Å². The van der Waals surface area contributed by atoms with Crippen LogP contribution < -0.4 is 5.32 Å². The second kappa shape index (κ2) is 6.73. The van der Waals surface area contributed by atoms with E-state index < -0.39 is 0 Å².